The van der Waals surface area contributed by atoms with E-state index in [1.165, 1.54) is 12.1 Å². The van der Waals surface area contributed by atoms with Gasteiger partial charge in [0.1, 0.15) is 0 Å². The van der Waals surface area contributed by atoms with Gasteiger partial charge in [-0.05, 0) is 35.8 Å². The molecule has 1 aliphatic rings. The molecule has 0 bridgehead atoms. The summed E-state index contributed by atoms with van der Waals surface area (Å²) in [5.74, 6) is -1.12. The second-order valence-corrected chi connectivity index (χ2v) is 7.74. The topological polar surface area (TPSA) is 92.5 Å². The van der Waals surface area contributed by atoms with Crippen molar-refractivity contribution < 1.29 is 14.8 Å². The first-order valence-electron chi connectivity index (χ1n) is 8.35. The second-order valence-electron chi connectivity index (χ2n) is 6.86. The molecule has 2 N–H and O–H groups in total. The lowest BCUT2D eigenvalue weighted by molar-refractivity contribution is -0.384. The number of non-ortho nitro benzene ring substituents is 1. The summed E-state index contributed by atoms with van der Waals surface area (Å²) in [6, 6.07) is 6.27. The number of thiophene rings is 1. The number of aliphatic carboxylic acids is 1. The van der Waals surface area contributed by atoms with Gasteiger partial charge in [-0.2, -0.15) is 0 Å². The van der Waals surface area contributed by atoms with Crippen molar-refractivity contribution in [1.82, 2.24) is 0 Å². The predicted molar refractivity (Wildman–Crippen MR) is 102 cm³/mol. The van der Waals surface area contributed by atoms with Crippen LogP contribution >= 0.6 is 11.3 Å². The summed E-state index contributed by atoms with van der Waals surface area (Å²) in [6.45, 7) is 5.96. The summed E-state index contributed by atoms with van der Waals surface area (Å²) in [5.41, 5.74) is 3.41. The average molecular weight is 372 g/mol. The average Bonchev–Trinajstić information content (AvgIpc) is 2.95. The van der Waals surface area contributed by atoms with Gasteiger partial charge < -0.3 is 10.4 Å². The van der Waals surface area contributed by atoms with Gasteiger partial charge in [-0.3, -0.25) is 10.1 Å². The van der Waals surface area contributed by atoms with Gasteiger partial charge in [0.2, 0.25) is 0 Å². The molecule has 0 aliphatic carbocycles. The Labute approximate surface area is 155 Å². The van der Waals surface area contributed by atoms with Crippen LogP contribution in [0, 0.1) is 16.0 Å². The molecule has 1 aromatic heterocycles. The number of nitro benzene ring substituents is 1. The van der Waals surface area contributed by atoms with Gasteiger partial charge in [-0.15, -0.1) is 11.3 Å². The van der Waals surface area contributed by atoms with Crippen molar-refractivity contribution >= 4 is 28.0 Å². The van der Waals surface area contributed by atoms with Gasteiger partial charge in [0.25, 0.3) is 5.69 Å². The molecule has 0 radical (unpaired) electrons. The third-order valence-corrected chi connectivity index (χ3v) is 5.42. The Morgan fingerprint density at radius 2 is 2.15 bits per heavy atom. The van der Waals surface area contributed by atoms with Gasteiger partial charge >= 0.3 is 5.97 Å². The molecule has 1 aliphatic heterocycles. The molecular weight excluding hydrogens is 352 g/mol. The number of carboxylic acid groups (broad SMARTS) is 1. The summed E-state index contributed by atoms with van der Waals surface area (Å²) < 4.78 is 0. The zero-order chi connectivity index (χ0) is 19.0. The molecule has 1 aromatic carbocycles. The highest BCUT2D eigenvalue weighted by Gasteiger charge is 2.35. The Morgan fingerprint density at radius 3 is 2.77 bits per heavy atom. The number of carbonyl (C=O) groups is 1. The van der Waals surface area contributed by atoms with E-state index in [0.717, 1.165) is 22.5 Å². The third kappa shape index (κ3) is 3.22. The van der Waals surface area contributed by atoms with Gasteiger partial charge in [-0.1, -0.05) is 26.0 Å². The van der Waals surface area contributed by atoms with Crippen LogP contribution in [0.4, 0.5) is 10.7 Å². The highest BCUT2D eigenvalue weighted by molar-refractivity contribution is 7.14. The van der Waals surface area contributed by atoms with E-state index in [9.17, 15) is 20.0 Å². The molecule has 7 heteroatoms. The van der Waals surface area contributed by atoms with Gasteiger partial charge in [0, 0.05) is 29.3 Å². The normalized spacial score (nSPS) is 16.4. The minimum absolute atomic E-state index is 0.0365. The van der Waals surface area contributed by atoms with Crippen molar-refractivity contribution in [1.29, 1.82) is 0 Å². The first-order valence-corrected chi connectivity index (χ1v) is 9.23. The summed E-state index contributed by atoms with van der Waals surface area (Å²) in [5, 5.41) is 27.2. The minimum Gasteiger partial charge on any atom is -0.478 e. The van der Waals surface area contributed by atoms with E-state index >= 15 is 0 Å². The van der Waals surface area contributed by atoms with E-state index in [2.05, 4.69) is 24.5 Å². The maximum absolute atomic E-state index is 12.0. The van der Waals surface area contributed by atoms with Gasteiger partial charge in [0.05, 0.1) is 15.5 Å². The first-order chi connectivity index (χ1) is 12.3. The number of nitro groups is 1. The number of nitrogens with one attached hydrogen (secondary N) is 1. The van der Waals surface area contributed by atoms with Crippen molar-refractivity contribution in [3.63, 3.8) is 0 Å². The van der Waals surface area contributed by atoms with Crippen LogP contribution in [0.1, 0.15) is 43.4 Å². The lowest BCUT2D eigenvalue weighted by atomic mass is 9.80. The molecule has 2 heterocycles. The van der Waals surface area contributed by atoms with E-state index in [1.807, 2.05) is 0 Å². The molecule has 0 saturated heterocycles. The minimum atomic E-state index is -1.01. The fourth-order valence-electron chi connectivity index (χ4n) is 3.45. The van der Waals surface area contributed by atoms with E-state index in [0.29, 0.717) is 17.2 Å². The van der Waals surface area contributed by atoms with E-state index < -0.39 is 16.8 Å². The number of hydrogen-bond donors (Lipinski definition) is 2. The molecule has 0 fully saturated rings. The molecule has 3 rings (SSSR count). The number of rotatable bonds is 5. The fourth-order valence-corrected chi connectivity index (χ4v) is 4.52. The molecular formula is C19H20N2O4S. The Hall–Kier alpha value is -2.67. The summed E-state index contributed by atoms with van der Waals surface area (Å²) in [7, 11) is 0. The van der Waals surface area contributed by atoms with Crippen molar-refractivity contribution in [3.8, 4) is 0 Å². The molecule has 0 unspecified atom stereocenters. The van der Waals surface area contributed by atoms with E-state index in [1.54, 1.807) is 30.4 Å². The summed E-state index contributed by atoms with van der Waals surface area (Å²) in [6.07, 6.45) is 0.824. The molecule has 136 valence electrons. The van der Waals surface area contributed by atoms with Crippen LogP contribution in [0.25, 0.3) is 0 Å². The molecule has 1 atom stereocenters. The third-order valence-electron chi connectivity index (χ3n) is 4.46. The highest BCUT2D eigenvalue weighted by Crippen LogP contribution is 2.47. The van der Waals surface area contributed by atoms with Crippen LogP contribution < -0.4 is 5.32 Å². The quantitative estimate of drug-likeness (QED) is 0.582. The Kier molecular flexibility index (Phi) is 4.82. The standard InChI is InChI=1S/C19H20N2O4S/c1-10(2)7-13-9-26-18-17(13)16(15(19(22)23)11(3)20-18)12-5-4-6-14(8-12)21(24)25/h4-6,8-10,16,20H,7H2,1-3H3,(H,22,23)/t16-/m0/s1. The number of benzene rings is 1. The number of hydrogen-bond acceptors (Lipinski definition) is 5. The smallest absolute Gasteiger partial charge is 0.334 e. The number of fused-ring (bicyclic) bond motifs is 1. The summed E-state index contributed by atoms with van der Waals surface area (Å²) >= 11 is 1.55. The van der Waals surface area contributed by atoms with Crippen molar-refractivity contribution in [3.05, 3.63) is 67.7 Å². The highest BCUT2D eigenvalue weighted by atomic mass is 32.1. The number of anilines is 1. The number of allylic oxidation sites excluding steroid dienone is 1. The molecule has 0 spiro atoms. The van der Waals surface area contributed by atoms with E-state index in [4.69, 9.17) is 0 Å². The van der Waals surface area contributed by atoms with Crippen LogP contribution in [0.3, 0.4) is 0 Å². The SMILES string of the molecule is CC1=C(C(=O)O)[C@H](c2cccc([N+](=O)[O-])c2)c2c(CC(C)C)csc2N1. The Morgan fingerprint density at radius 1 is 1.42 bits per heavy atom. The number of carboxylic acids is 1. The van der Waals surface area contributed by atoms with Gasteiger partial charge in [-0.25, -0.2) is 4.79 Å². The molecule has 26 heavy (non-hydrogen) atoms. The predicted octanol–water partition coefficient (Wildman–Crippen LogP) is 4.77. The first kappa shape index (κ1) is 18.1. The van der Waals surface area contributed by atoms with Crippen molar-refractivity contribution in [2.24, 2.45) is 5.92 Å². The largest absolute Gasteiger partial charge is 0.478 e. The maximum atomic E-state index is 12.0. The molecule has 0 amide bonds. The number of nitrogens with zero attached hydrogens (tertiary/aromatic N) is 1. The van der Waals surface area contributed by atoms with Crippen LogP contribution in [0.15, 0.2) is 40.9 Å². The Bertz CT molecular complexity index is 914. The van der Waals surface area contributed by atoms with Crippen LogP contribution in [-0.2, 0) is 11.2 Å². The lowest BCUT2D eigenvalue weighted by Gasteiger charge is -2.28. The monoisotopic (exact) mass is 372 g/mol. The zero-order valence-corrected chi connectivity index (χ0v) is 15.6. The van der Waals surface area contributed by atoms with Crippen molar-refractivity contribution in [2.45, 2.75) is 33.1 Å². The molecule has 6 nitrogen and oxygen atoms in total. The maximum Gasteiger partial charge on any atom is 0.334 e. The fraction of sp³-hybridized carbons (Fsp3) is 0.316. The van der Waals surface area contributed by atoms with Crippen LogP contribution in [0.5, 0.6) is 0 Å². The molecule has 2 aromatic rings. The summed E-state index contributed by atoms with van der Waals surface area (Å²) in [4.78, 5) is 22.7. The molecule has 0 saturated carbocycles. The lowest BCUT2D eigenvalue weighted by Crippen LogP contribution is -2.22. The zero-order valence-electron chi connectivity index (χ0n) is 14.8. The Balaban J connectivity index is 2.23. The second kappa shape index (κ2) is 6.92. The van der Waals surface area contributed by atoms with Gasteiger partial charge in [0.15, 0.2) is 0 Å². The van der Waals surface area contributed by atoms with Crippen LogP contribution in [-0.4, -0.2) is 16.0 Å². The van der Waals surface area contributed by atoms with E-state index in [-0.39, 0.29) is 11.3 Å². The van der Waals surface area contributed by atoms with Crippen molar-refractivity contribution in [2.75, 3.05) is 5.32 Å². The van der Waals surface area contributed by atoms with Crippen LogP contribution in [0.2, 0.25) is 0 Å².